The molecule has 0 atom stereocenters. The van der Waals surface area contributed by atoms with Crippen LogP contribution in [0.15, 0.2) is 54.6 Å². The minimum atomic E-state index is -0.0919. The van der Waals surface area contributed by atoms with Gasteiger partial charge in [0.05, 0.1) is 0 Å². The lowest BCUT2D eigenvalue weighted by Crippen LogP contribution is -2.30. The topological polar surface area (TPSA) is 0 Å². The molecule has 0 fully saturated rings. The molecule has 0 N–H and O–H groups in total. The van der Waals surface area contributed by atoms with Gasteiger partial charge in [0.1, 0.15) is 27.6 Å². The Labute approximate surface area is 179 Å². The van der Waals surface area contributed by atoms with Crippen molar-refractivity contribution in [2.75, 3.05) is 0 Å². The minimum Gasteiger partial charge on any atom is -0.136 e. The van der Waals surface area contributed by atoms with Crippen molar-refractivity contribution >= 4 is 49.7 Å². The summed E-state index contributed by atoms with van der Waals surface area (Å²) >= 11 is 0. The monoisotopic (exact) mass is 430 g/mol. The first-order chi connectivity index (χ1) is 13.4. The van der Waals surface area contributed by atoms with Gasteiger partial charge < -0.3 is 0 Å². The normalized spacial score (nSPS) is 11.2. The Bertz CT molecular complexity index is 854. The number of benzene rings is 3. The second-order valence-electron chi connectivity index (χ2n) is 7.41. The predicted molar refractivity (Wildman–Crippen MR) is 131 cm³/mol. The van der Waals surface area contributed by atoms with Crippen molar-refractivity contribution in [3.63, 3.8) is 0 Å². The molecule has 0 saturated carbocycles. The first-order valence-corrected chi connectivity index (χ1v) is 16.5. The van der Waals surface area contributed by atoms with Gasteiger partial charge in [-0.05, 0) is 74.9 Å². The second kappa shape index (κ2) is 9.49. The van der Waals surface area contributed by atoms with Crippen molar-refractivity contribution in [2.24, 2.45) is 0 Å². The maximum Gasteiger partial charge on any atom is 0.107 e. The van der Waals surface area contributed by atoms with E-state index in [4.69, 9.17) is 0 Å². The molecule has 0 heterocycles. The van der Waals surface area contributed by atoms with Crippen molar-refractivity contribution in [3.05, 3.63) is 88.0 Å². The lowest BCUT2D eigenvalue weighted by atomic mass is 10.1. The Hall–Kier alpha value is -1.26. The molecule has 3 aromatic carbocycles. The van der Waals surface area contributed by atoms with Crippen LogP contribution < -0.4 is 15.6 Å². The summed E-state index contributed by atoms with van der Waals surface area (Å²) in [6, 6.07) is 20.5. The smallest absolute Gasteiger partial charge is 0.107 e. The van der Waals surface area contributed by atoms with E-state index in [-0.39, 0.29) is 6.57 Å². The molecule has 0 aliphatic heterocycles. The van der Waals surface area contributed by atoms with Crippen molar-refractivity contribution < 1.29 is 0 Å². The average Bonchev–Trinajstić information content (AvgIpc) is 2.66. The third kappa shape index (κ3) is 5.01. The molecule has 0 bridgehead atoms. The number of rotatable bonds is 6. The van der Waals surface area contributed by atoms with Gasteiger partial charge in [0.25, 0.3) is 0 Å². The quantitative estimate of drug-likeness (QED) is 0.407. The summed E-state index contributed by atoms with van der Waals surface area (Å²) in [5.74, 6) is 0. The summed E-state index contributed by atoms with van der Waals surface area (Å²) in [4.78, 5) is 0. The summed E-state index contributed by atoms with van der Waals surface area (Å²) in [6.45, 7) is 13.5. The predicted octanol–water partition coefficient (Wildman–Crippen LogP) is 4.15. The fourth-order valence-electron chi connectivity index (χ4n) is 3.06. The van der Waals surface area contributed by atoms with E-state index in [2.05, 4.69) is 96.1 Å². The highest BCUT2D eigenvalue weighted by Gasteiger charge is 2.18. The molecular formula is C24H27PSi3. The molecule has 0 amide bonds. The van der Waals surface area contributed by atoms with Gasteiger partial charge in [0.15, 0.2) is 0 Å². The first kappa shape index (κ1) is 21.4. The van der Waals surface area contributed by atoms with Crippen LogP contribution >= 0.6 is 6.57 Å². The molecule has 140 valence electrons. The molecule has 0 aliphatic carbocycles. The third-order valence-electron chi connectivity index (χ3n) is 5.51. The third-order valence-corrected chi connectivity index (χ3v) is 18.7. The summed E-state index contributed by atoms with van der Waals surface area (Å²) < 4.78 is 0. The van der Waals surface area contributed by atoms with E-state index >= 15 is 0 Å². The van der Waals surface area contributed by atoms with Gasteiger partial charge in [-0.2, -0.15) is 0 Å². The second-order valence-corrected chi connectivity index (χ2v) is 20.4. The molecule has 0 nitrogen and oxygen atoms in total. The summed E-state index contributed by atoms with van der Waals surface area (Å²) in [5, 5.41) is 4.71. The summed E-state index contributed by atoms with van der Waals surface area (Å²) in [5.41, 5.74) is 8.74. The SMILES string of the molecule is Cc1cccc([Si]P([Si]c2cccc(C)c2C)[Si]c2cccc(C)c2C)c1C. The van der Waals surface area contributed by atoms with Crippen molar-refractivity contribution in [1.29, 1.82) is 0 Å². The van der Waals surface area contributed by atoms with Gasteiger partial charge in [0.2, 0.25) is 0 Å². The lowest BCUT2D eigenvalue weighted by Gasteiger charge is -2.20. The maximum atomic E-state index is 2.36. The number of aryl methyl sites for hydroxylation is 3. The zero-order chi connectivity index (χ0) is 20.3. The zero-order valence-electron chi connectivity index (χ0n) is 17.6. The highest BCUT2D eigenvalue weighted by Crippen LogP contribution is 2.29. The van der Waals surface area contributed by atoms with Crippen molar-refractivity contribution in [1.82, 2.24) is 0 Å². The zero-order valence-corrected chi connectivity index (χ0v) is 21.5. The van der Waals surface area contributed by atoms with Crippen molar-refractivity contribution in [2.45, 2.75) is 41.5 Å². The van der Waals surface area contributed by atoms with Crippen molar-refractivity contribution in [3.8, 4) is 0 Å². The summed E-state index contributed by atoms with van der Waals surface area (Å²) in [6.07, 6.45) is 0. The van der Waals surface area contributed by atoms with Crippen LogP contribution in [0.2, 0.25) is 0 Å². The Morgan fingerprint density at radius 3 is 1.04 bits per heavy atom. The molecule has 0 aliphatic rings. The molecule has 0 aromatic heterocycles. The lowest BCUT2D eigenvalue weighted by molar-refractivity contribution is 1.37. The van der Waals surface area contributed by atoms with E-state index in [0.29, 0.717) is 0 Å². The average molecular weight is 431 g/mol. The van der Waals surface area contributed by atoms with E-state index in [1.807, 2.05) is 0 Å². The van der Waals surface area contributed by atoms with E-state index in [1.165, 1.54) is 33.4 Å². The highest BCUT2D eigenvalue weighted by molar-refractivity contribution is 8.26. The number of hydrogen-bond donors (Lipinski definition) is 0. The van der Waals surface area contributed by atoms with Crippen LogP contribution in [-0.2, 0) is 0 Å². The molecule has 0 spiro atoms. The Kier molecular flexibility index (Phi) is 7.27. The van der Waals surface area contributed by atoms with E-state index in [9.17, 15) is 0 Å². The molecule has 6 radical (unpaired) electrons. The van der Waals surface area contributed by atoms with Gasteiger partial charge >= 0.3 is 0 Å². The van der Waals surface area contributed by atoms with Gasteiger partial charge in [-0.25, -0.2) is 0 Å². The molecule has 0 unspecified atom stereocenters. The first-order valence-electron chi connectivity index (χ1n) is 9.65. The van der Waals surface area contributed by atoms with E-state index < -0.39 is 0 Å². The summed E-state index contributed by atoms with van der Waals surface area (Å²) in [7, 11) is 2.75. The molecule has 28 heavy (non-hydrogen) atoms. The Morgan fingerprint density at radius 1 is 0.464 bits per heavy atom. The molecule has 4 heteroatoms. The minimum absolute atomic E-state index is 0.0919. The van der Waals surface area contributed by atoms with E-state index in [0.717, 1.165) is 27.6 Å². The van der Waals surface area contributed by atoms with Crippen LogP contribution in [0.4, 0.5) is 0 Å². The van der Waals surface area contributed by atoms with Crippen LogP contribution in [0.1, 0.15) is 33.4 Å². The van der Waals surface area contributed by atoms with Crippen LogP contribution in [-0.4, -0.2) is 27.6 Å². The van der Waals surface area contributed by atoms with Crippen LogP contribution in [0.3, 0.4) is 0 Å². The largest absolute Gasteiger partial charge is 0.136 e. The highest BCUT2D eigenvalue weighted by atomic mass is 31.8. The molecule has 3 rings (SSSR count). The van der Waals surface area contributed by atoms with Gasteiger partial charge in [-0.15, -0.1) is 6.57 Å². The molecule has 0 saturated heterocycles. The van der Waals surface area contributed by atoms with Gasteiger partial charge in [-0.3, -0.25) is 0 Å². The fourth-order valence-corrected chi connectivity index (χ4v) is 18.4. The Balaban J connectivity index is 1.94. The number of hydrogen-bond acceptors (Lipinski definition) is 0. The fraction of sp³-hybridized carbons (Fsp3) is 0.250. The van der Waals surface area contributed by atoms with Gasteiger partial charge in [-0.1, -0.05) is 70.2 Å². The van der Waals surface area contributed by atoms with E-state index in [1.54, 1.807) is 15.6 Å². The van der Waals surface area contributed by atoms with Crippen LogP contribution in [0.5, 0.6) is 0 Å². The van der Waals surface area contributed by atoms with Crippen LogP contribution in [0.25, 0.3) is 0 Å². The van der Waals surface area contributed by atoms with Gasteiger partial charge in [0, 0.05) is 0 Å². The Morgan fingerprint density at radius 2 is 0.750 bits per heavy atom. The standard InChI is InChI=1S/C24H27PSi3/c1-16-10-7-13-22(19(16)4)26-25(27-23-14-8-11-17(2)20(23)5)28-24-15-9-12-18(3)21(24)6/h7-15H,1-6H3. The molecular weight excluding hydrogens is 403 g/mol. The maximum absolute atomic E-state index is 2.36. The van der Waals surface area contributed by atoms with Crippen LogP contribution in [0, 0.1) is 41.5 Å². The molecule has 3 aromatic rings.